The molecule has 1 atom stereocenters. The van der Waals surface area contributed by atoms with Gasteiger partial charge in [0.15, 0.2) is 0 Å². The number of methoxy groups -OCH3 is 1. The number of aryl methyl sites for hydroxylation is 2. The molecular formula is C59H72N4O6. The first-order valence-corrected chi connectivity index (χ1v) is 25.9. The molecule has 6 aromatic rings. The zero-order chi connectivity index (χ0) is 48.6. The molecule has 0 spiro atoms. The van der Waals surface area contributed by atoms with Crippen molar-refractivity contribution in [2.24, 2.45) is 0 Å². The maximum Gasteiger partial charge on any atom is 0.334 e. The van der Waals surface area contributed by atoms with Gasteiger partial charge in [-0.25, -0.2) is 4.79 Å². The van der Waals surface area contributed by atoms with E-state index < -0.39 is 23.9 Å². The van der Waals surface area contributed by atoms with E-state index in [1.165, 1.54) is 20.6 Å². The summed E-state index contributed by atoms with van der Waals surface area (Å²) in [6.07, 6.45) is 19.5. The van der Waals surface area contributed by atoms with Crippen LogP contribution in [0.5, 0.6) is 11.5 Å². The van der Waals surface area contributed by atoms with Gasteiger partial charge < -0.3 is 23.3 Å². The van der Waals surface area contributed by atoms with Crippen LogP contribution in [-0.2, 0) is 27.4 Å². The summed E-state index contributed by atoms with van der Waals surface area (Å²) >= 11 is 0. The van der Waals surface area contributed by atoms with Gasteiger partial charge in [0.1, 0.15) is 17.1 Å². The van der Waals surface area contributed by atoms with Gasteiger partial charge in [-0.15, -0.1) is 0 Å². The molecule has 69 heavy (non-hydrogen) atoms. The molecule has 0 N–H and O–H groups in total. The summed E-state index contributed by atoms with van der Waals surface area (Å²) in [5, 5.41) is 8.95. The number of barbiturate groups is 1. The molecule has 2 fully saturated rings. The lowest BCUT2D eigenvalue weighted by Gasteiger charge is -2.37. The van der Waals surface area contributed by atoms with Gasteiger partial charge in [0.2, 0.25) is 0 Å². The molecule has 8 rings (SSSR count). The molecule has 1 aliphatic heterocycles. The summed E-state index contributed by atoms with van der Waals surface area (Å²) in [5.74, 6) is 0.674. The SMILES string of the molecule is CCCCOc1ccc2c3c1cccc3/c(=C\C=C1/CC/C(=C\C=c3/c4cccc5c(OCCCC)ccc(c54)n3CCCC)C1=C1C(=O)N(CCCC)C(=O)N(C(C)COC)C1=O)n2CCCC. The van der Waals surface area contributed by atoms with Crippen molar-refractivity contribution in [2.45, 2.75) is 138 Å². The number of urea groups is 1. The fourth-order valence-electron chi connectivity index (χ4n) is 10.3. The number of rotatable bonds is 22. The average molecular weight is 933 g/mol. The number of hydrogen-bond acceptors (Lipinski definition) is 6. The fraction of sp³-hybridized carbons (Fsp3) is 0.441. The normalized spacial score (nSPS) is 17.1. The molecule has 364 valence electrons. The Labute approximate surface area is 407 Å². The molecule has 3 heterocycles. The molecular weight excluding hydrogens is 861 g/mol. The van der Waals surface area contributed by atoms with Crippen molar-refractivity contribution in [2.75, 3.05) is 33.5 Å². The van der Waals surface area contributed by atoms with Crippen molar-refractivity contribution in [3.8, 4) is 11.5 Å². The second-order valence-corrected chi connectivity index (χ2v) is 18.8. The average Bonchev–Trinajstić information content (AvgIpc) is 4.00. The number of aromatic nitrogens is 2. The Morgan fingerprint density at radius 1 is 0.551 bits per heavy atom. The Bertz CT molecular complexity index is 2890. The topological polar surface area (TPSA) is 95.2 Å². The molecule has 1 saturated carbocycles. The highest BCUT2D eigenvalue weighted by atomic mass is 16.5. The van der Waals surface area contributed by atoms with E-state index in [0.29, 0.717) is 38.0 Å². The van der Waals surface area contributed by atoms with Crippen LogP contribution in [0.15, 0.2) is 95.1 Å². The fourth-order valence-corrected chi connectivity index (χ4v) is 10.3. The van der Waals surface area contributed by atoms with Crippen molar-refractivity contribution >= 4 is 73.3 Å². The number of nitrogens with zero attached hydrogens (tertiary/aromatic N) is 4. The minimum atomic E-state index is -0.589. The van der Waals surface area contributed by atoms with E-state index in [1.54, 1.807) is 14.0 Å². The molecule has 4 amide bonds. The van der Waals surface area contributed by atoms with Crippen LogP contribution in [-0.4, -0.2) is 76.3 Å². The van der Waals surface area contributed by atoms with Crippen molar-refractivity contribution < 1.29 is 28.6 Å². The van der Waals surface area contributed by atoms with Crippen LogP contribution < -0.4 is 20.2 Å². The van der Waals surface area contributed by atoms with Crippen LogP contribution in [0.25, 0.3) is 55.5 Å². The number of unbranched alkanes of at least 4 members (excludes halogenated alkanes) is 5. The molecule has 1 aliphatic carbocycles. The number of benzene rings is 4. The lowest BCUT2D eigenvalue weighted by atomic mass is 9.94. The van der Waals surface area contributed by atoms with Gasteiger partial charge >= 0.3 is 6.03 Å². The number of carbonyl (C=O) groups excluding carboxylic acids is 3. The standard InChI is InChI=1S/C59H72N4O6/c1-8-13-34-60-47(43-20-18-22-45-51(68-37-16-11-4)32-30-49(60)54(43)45)28-26-41-24-25-42(53(41)56-57(64)62(36-15-10-3)59(66)63(58(56)65)40(6)39-67-7)27-29-48-44-21-19-23-46-52(69-38-17-12-5)33-31-50(55(44)46)61(48)35-14-9-2/h18-23,26-33,40H,8-17,24-25,34-39H2,1-7H3/b41-26+,42-27+,47-28+,48-29+. The first-order chi connectivity index (χ1) is 33.7. The Morgan fingerprint density at radius 2 is 1.01 bits per heavy atom. The Balaban J connectivity index is 1.37. The first kappa shape index (κ1) is 49.3. The second kappa shape index (κ2) is 22.5. The van der Waals surface area contributed by atoms with Crippen LogP contribution in [0, 0.1) is 0 Å². The summed E-state index contributed by atoms with van der Waals surface area (Å²) in [6.45, 7) is 16.0. The van der Waals surface area contributed by atoms with Gasteiger partial charge in [0.05, 0.1) is 25.9 Å². The molecule has 1 saturated heterocycles. The lowest BCUT2D eigenvalue weighted by molar-refractivity contribution is -0.137. The van der Waals surface area contributed by atoms with Crippen molar-refractivity contribution in [1.82, 2.24) is 18.9 Å². The Hall–Kier alpha value is -6.13. The Kier molecular flexibility index (Phi) is 16.1. The number of hydrogen-bond donors (Lipinski definition) is 0. The molecule has 10 heteroatoms. The molecule has 0 bridgehead atoms. The number of imide groups is 2. The largest absolute Gasteiger partial charge is 0.493 e. The maximum atomic E-state index is 15.0. The van der Waals surface area contributed by atoms with E-state index in [4.69, 9.17) is 14.2 Å². The second-order valence-electron chi connectivity index (χ2n) is 18.8. The van der Waals surface area contributed by atoms with Crippen molar-refractivity contribution in [1.29, 1.82) is 0 Å². The highest BCUT2D eigenvalue weighted by molar-refractivity contribution is 6.30. The van der Waals surface area contributed by atoms with Crippen LogP contribution >= 0.6 is 0 Å². The third-order valence-corrected chi connectivity index (χ3v) is 14.0. The van der Waals surface area contributed by atoms with Crippen molar-refractivity contribution in [3.05, 3.63) is 106 Å². The Morgan fingerprint density at radius 3 is 1.48 bits per heavy atom. The number of ether oxygens (including phenoxy) is 3. The monoisotopic (exact) mass is 933 g/mol. The van der Waals surface area contributed by atoms with Gasteiger partial charge in [0, 0.05) is 80.8 Å². The maximum absolute atomic E-state index is 15.0. The highest BCUT2D eigenvalue weighted by Gasteiger charge is 2.46. The van der Waals surface area contributed by atoms with Crippen LogP contribution in [0.2, 0.25) is 0 Å². The van der Waals surface area contributed by atoms with Crippen LogP contribution in [0.3, 0.4) is 0 Å². The van der Waals surface area contributed by atoms with E-state index in [-0.39, 0.29) is 18.7 Å². The van der Waals surface area contributed by atoms with E-state index in [9.17, 15) is 9.59 Å². The first-order valence-electron chi connectivity index (χ1n) is 25.9. The van der Waals surface area contributed by atoms with E-state index in [1.807, 2.05) is 6.92 Å². The van der Waals surface area contributed by atoms with E-state index in [2.05, 4.69) is 122 Å². The molecule has 1 unspecified atom stereocenters. The molecule has 2 aromatic heterocycles. The predicted octanol–water partition coefficient (Wildman–Crippen LogP) is 12.1. The lowest BCUT2D eigenvalue weighted by Crippen LogP contribution is -2.60. The summed E-state index contributed by atoms with van der Waals surface area (Å²) < 4.78 is 23.0. The highest BCUT2D eigenvalue weighted by Crippen LogP contribution is 2.41. The van der Waals surface area contributed by atoms with Crippen LogP contribution in [0.1, 0.15) is 119 Å². The van der Waals surface area contributed by atoms with Gasteiger partial charge in [-0.3, -0.25) is 19.4 Å². The van der Waals surface area contributed by atoms with Crippen molar-refractivity contribution in [3.63, 3.8) is 0 Å². The van der Waals surface area contributed by atoms with E-state index in [0.717, 1.165) is 137 Å². The summed E-state index contributed by atoms with van der Waals surface area (Å²) in [5.41, 5.74) is 4.76. The summed E-state index contributed by atoms with van der Waals surface area (Å²) in [4.78, 5) is 46.7. The summed E-state index contributed by atoms with van der Waals surface area (Å²) in [6, 6.07) is 20.3. The zero-order valence-electron chi connectivity index (χ0n) is 42.1. The number of carbonyl (C=O) groups is 3. The van der Waals surface area contributed by atoms with Gasteiger partial charge in [0.25, 0.3) is 11.8 Å². The van der Waals surface area contributed by atoms with Gasteiger partial charge in [-0.05, 0) is 105 Å². The van der Waals surface area contributed by atoms with Gasteiger partial charge in [-0.1, -0.05) is 115 Å². The van der Waals surface area contributed by atoms with Crippen LogP contribution in [0.4, 0.5) is 4.79 Å². The number of amides is 4. The number of allylic oxidation sites excluding steroid dienone is 5. The zero-order valence-corrected chi connectivity index (χ0v) is 42.1. The molecule has 10 nitrogen and oxygen atoms in total. The summed E-state index contributed by atoms with van der Waals surface area (Å²) in [7, 11) is 1.56. The van der Waals surface area contributed by atoms with Gasteiger partial charge in [-0.2, -0.15) is 0 Å². The third kappa shape index (κ3) is 9.62. The molecule has 4 aromatic carbocycles. The third-order valence-electron chi connectivity index (χ3n) is 14.0. The minimum Gasteiger partial charge on any atom is -0.493 e. The predicted molar refractivity (Wildman–Crippen MR) is 282 cm³/mol. The molecule has 2 aliphatic rings. The van der Waals surface area contributed by atoms with E-state index >= 15 is 4.79 Å². The molecule has 0 radical (unpaired) electrons. The minimum absolute atomic E-state index is 0.0440. The smallest absolute Gasteiger partial charge is 0.334 e. The quantitative estimate of drug-likeness (QED) is 0.0382.